The SMILES string of the molecule is C=CCc1cc(C=C2SC(=NC3CCCCC3)N(C3CCCCC3)C2=O)cc(OC)c1OCc1ccc(C)cc1. The van der Waals surface area contributed by atoms with Gasteiger partial charge < -0.3 is 9.47 Å². The van der Waals surface area contributed by atoms with Crippen molar-refractivity contribution < 1.29 is 14.3 Å². The summed E-state index contributed by atoms with van der Waals surface area (Å²) in [5, 5.41) is 0.909. The molecule has 2 aliphatic carbocycles. The highest BCUT2D eigenvalue weighted by atomic mass is 32.2. The fourth-order valence-corrected chi connectivity index (χ4v) is 7.09. The van der Waals surface area contributed by atoms with Gasteiger partial charge >= 0.3 is 0 Å². The second-order valence-electron chi connectivity index (χ2n) is 11.3. The molecule has 1 aliphatic heterocycles. The Kier molecular flexibility index (Phi) is 9.69. The number of hydrogen-bond donors (Lipinski definition) is 0. The molecule has 0 spiro atoms. The number of amidine groups is 1. The molecule has 5 rings (SSSR count). The van der Waals surface area contributed by atoms with Crippen LogP contribution in [0.5, 0.6) is 11.5 Å². The maximum Gasteiger partial charge on any atom is 0.266 e. The highest BCUT2D eigenvalue weighted by molar-refractivity contribution is 8.18. The highest BCUT2D eigenvalue weighted by Gasteiger charge is 2.39. The van der Waals surface area contributed by atoms with E-state index >= 15 is 0 Å². The summed E-state index contributed by atoms with van der Waals surface area (Å²) in [4.78, 5) is 21.8. The minimum atomic E-state index is 0.0930. The van der Waals surface area contributed by atoms with E-state index < -0.39 is 0 Å². The summed E-state index contributed by atoms with van der Waals surface area (Å²) in [6.07, 6.45) is 16.3. The molecule has 0 aromatic heterocycles. The lowest BCUT2D eigenvalue weighted by atomic mass is 9.94. The van der Waals surface area contributed by atoms with Crippen molar-refractivity contribution in [3.05, 3.63) is 76.2 Å². The van der Waals surface area contributed by atoms with Gasteiger partial charge in [0.2, 0.25) is 0 Å². The Balaban J connectivity index is 1.44. The van der Waals surface area contributed by atoms with Gasteiger partial charge in [0.05, 0.1) is 18.1 Å². The summed E-state index contributed by atoms with van der Waals surface area (Å²) >= 11 is 1.55. The molecule has 2 saturated carbocycles. The third-order valence-electron chi connectivity index (χ3n) is 8.18. The van der Waals surface area contributed by atoms with E-state index in [-0.39, 0.29) is 11.9 Å². The predicted molar refractivity (Wildman–Crippen MR) is 166 cm³/mol. The molecule has 5 nitrogen and oxygen atoms in total. The molecule has 6 heteroatoms. The molecule has 2 aromatic carbocycles. The van der Waals surface area contributed by atoms with E-state index in [0.717, 1.165) is 58.2 Å². The van der Waals surface area contributed by atoms with E-state index in [1.165, 1.54) is 44.1 Å². The predicted octanol–water partition coefficient (Wildman–Crippen LogP) is 8.25. The largest absolute Gasteiger partial charge is 0.493 e. The standard InChI is InChI=1S/C34H42N2O3S/c1-4-11-27-20-26(21-30(38-3)32(27)39-23-25-18-16-24(2)17-19-25)22-31-33(37)36(29-14-9-6-10-15-29)34(40-31)35-28-12-7-5-8-13-28/h4,16-22,28-29H,1,5-15,23H2,2-3H3. The van der Waals surface area contributed by atoms with Crippen LogP contribution in [0.2, 0.25) is 0 Å². The summed E-state index contributed by atoms with van der Waals surface area (Å²) in [6, 6.07) is 13.0. The average molecular weight is 559 g/mol. The van der Waals surface area contributed by atoms with Crippen molar-refractivity contribution in [3.63, 3.8) is 0 Å². The number of carbonyl (C=O) groups excluding carboxylic acids is 1. The number of rotatable bonds is 9. The number of carbonyl (C=O) groups is 1. The van der Waals surface area contributed by atoms with Gasteiger partial charge in [0.25, 0.3) is 5.91 Å². The molecule has 0 bridgehead atoms. The second kappa shape index (κ2) is 13.6. The van der Waals surface area contributed by atoms with Crippen LogP contribution in [0.15, 0.2) is 59.0 Å². The van der Waals surface area contributed by atoms with E-state index in [1.807, 2.05) is 23.1 Å². The number of aliphatic imine (C=N–C) groups is 1. The van der Waals surface area contributed by atoms with Crippen LogP contribution < -0.4 is 9.47 Å². The van der Waals surface area contributed by atoms with Gasteiger partial charge in [0.1, 0.15) is 6.61 Å². The van der Waals surface area contributed by atoms with E-state index in [0.29, 0.717) is 24.8 Å². The van der Waals surface area contributed by atoms with Crippen LogP contribution in [0.1, 0.15) is 86.5 Å². The number of ether oxygens (including phenoxy) is 2. The van der Waals surface area contributed by atoms with E-state index in [1.54, 1.807) is 18.9 Å². The lowest BCUT2D eigenvalue weighted by Crippen LogP contribution is -2.41. The van der Waals surface area contributed by atoms with Gasteiger partial charge in [-0.1, -0.05) is 74.4 Å². The van der Waals surface area contributed by atoms with Crippen molar-refractivity contribution >= 4 is 28.9 Å². The minimum absolute atomic E-state index is 0.0930. The smallest absolute Gasteiger partial charge is 0.266 e. The first kappa shape index (κ1) is 28.5. The highest BCUT2D eigenvalue weighted by Crippen LogP contribution is 2.40. The minimum Gasteiger partial charge on any atom is -0.493 e. The molecule has 0 radical (unpaired) electrons. The van der Waals surface area contributed by atoms with Crippen LogP contribution in [0.3, 0.4) is 0 Å². The number of nitrogens with zero attached hydrogens (tertiary/aromatic N) is 2. The molecule has 3 fully saturated rings. The maximum absolute atomic E-state index is 13.9. The number of benzene rings is 2. The summed E-state index contributed by atoms with van der Waals surface area (Å²) in [7, 11) is 1.66. The van der Waals surface area contributed by atoms with Crippen LogP contribution in [0.4, 0.5) is 0 Å². The van der Waals surface area contributed by atoms with Gasteiger partial charge in [-0.05, 0) is 80.1 Å². The maximum atomic E-state index is 13.9. The first-order chi connectivity index (χ1) is 19.6. The molecule has 212 valence electrons. The molecular formula is C34H42N2O3S. The summed E-state index contributed by atoms with van der Waals surface area (Å²) in [6.45, 7) is 6.49. The summed E-state index contributed by atoms with van der Waals surface area (Å²) < 4.78 is 12.1. The van der Waals surface area contributed by atoms with Crippen molar-refractivity contribution in [1.29, 1.82) is 0 Å². The van der Waals surface area contributed by atoms with Crippen molar-refractivity contribution in [2.45, 2.75) is 96.2 Å². The normalized spacial score (nSPS) is 20.9. The van der Waals surface area contributed by atoms with Crippen LogP contribution in [0.25, 0.3) is 6.08 Å². The topological polar surface area (TPSA) is 51.1 Å². The van der Waals surface area contributed by atoms with Gasteiger partial charge in [0, 0.05) is 11.6 Å². The zero-order chi connectivity index (χ0) is 27.9. The third-order valence-corrected chi connectivity index (χ3v) is 9.18. The van der Waals surface area contributed by atoms with E-state index in [9.17, 15) is 4.79 Å². The van der Waals surface area contributed by atoms with Crippen molar-refractivity contribution in [2.75, 3.05) is 7.11 Å². The van der Waals surface area contributed by atoms with Crippen molar-refractivity contribution in [1.82, 2.24) is 4.90 Å². The Labute approximate surface area is 243 Å². The molecule has 0 atom stereocenters. The third kappa shape index (κ3) is 6.83. The molecule has 3 aliphatic rings. The summed E-state index contributed by atoms with van der Waals surface area (Å²) in [5.74, 6) is 1.48. The number of methoxy groups -OCH3 is 1. The Bertz CT molecular complexity index is 1250. The fraction of sp³-hybridized carbons (Fsp3) is 0.471. The molecule has 1 amide bonds. The second-order valence-corrected chi connectivity index (χ2v) is 12.3. The molecular weight excluding hydrogens is 516 g/mol. The number of amides is 1. The molecule has 2 aromatic rings. The average Bonchev–Trinajstić information content (AvgIpc) is 3.28. The van der Waals surface area contributed by atoms with Crippen LogP contribution in [0, 0.1) is 6.92 Å². The van der Waals surface area contributed by atoms with Gasteiger partial charge in [0.15, 0.2) is 16.7 Å². The van der Waals surface area contributed by atoms with E-state index in [2.05, 4.69) is 43.8 Å². The number of aryl methyl sites for hydroxylation is 1. The van der Waals surface area contributed by atoms with Gasteiger partial charge in [-0.2, -0.15) is 0 Å². The lowest BCUT2D eigenvalue weighted by Gasteiger charge is -2.31. The Hall–Kier alpha value is -2.99. The first-order valence-electron chi connectivity index (χ1n) is 14.9. The number of hydrogen-bond acceptors (Lipinski definition) is 5. The van der Waals surface area contributed by atoms with Crippen molar-refractivity contribution in [3.8, 4) is 11.5 Å². The molecule has 40 heavy (non-hydrogen) atoms. The Morgan fingerprint density at radius 2 is 1.73 bits per heavy atom. The van der Waals surface area contributed by atoms with Gasteiger partial charge in [-0.25, -0.2) is 0 Å². The molecule has 1 heterocycles. The Morgan fingerprint density at radius 1 is 1.02 bits per heavy atom. The lowest BCUT2D eigenvalue weighted by molar-refractivity contribution is -0.124. The monoisotopic (exact) mass is 558 g/mol. The van der Waals surface area contributed by atoms with Crippen molar-refractivity contribution in [2.24, 2.45) is 4.99 Å². The number of thioether (sulfide) groups is 1. The molecule has 0 unspecified atom stereocenters. The zero-order valence-corrected chi connectivity index (χ0v) is 24.8. The van der Waals surface area contributed by atoms with Crippen LogP contribution >= 0.6 is 11.8 Å². The van der Waals surface area contributed by atoms with Crippen LogP contribution in [-0.4, -0.2) is 35.2 Å². The first-order valence-corrected chi connectivity index (χ1v) is 15.7. The molecule has 0 N–H and O–H groups in total. The van der Waals surface area contributed by atoms with Gasteiger partial charge in [-0.15, -0.1) is 6.58 Å². The summed E-state index contributed by atoms with van der Waals surface area (Å²) in [5.41, 5.74) is 4.24. The van der Waals surface area contributed by atoms with E-state index in [4.69, 9.17) is 14.5 Å². The quantitative estimate of drug-likeness (QED) is 0.230. The Morgan fingerprint density at radius 3 is 2.40 bits per heavy atom. The van der Waals surface area contributed by atoms with Gasteiger partial charge in [-0.3, -0.25) is 14.7 Å². The fourth-order valence-electron chi connectivity index (χ4n) is 5.98. The number of allylic oxidation sites excluding steroid dienone is 1. The molecule has 1 saturated heterocycles. The van der Waals surface area contributed by atoms with Crippen LogP contribution in [-0.2, 0) is 17.8 Å². The zero-order valence-electron chi connectivity index (χ0n) is 24.0.